The van der Waals surface area contributed by atoms with Gasteiger partial charge < -0.3 is 30.1 Å². The molecule has 1 aliphatic heterocycles. The highest BCUT2D eigenvalue weighted by atomic mass is 32.2. The zero-order chi connectivity index (χ0) is 30.4. The molecule has 0 saturated heterocycles. The minimum atomic E-state index is -3.84. The fourth-order valence-corrected chi connectivity index (χ4v) is 6.58. The average Bonchev–Trinajstić information content (AvgIpc) is 2.99. The third-order valence-corrected chi connectivity index (χ3v) is 9.91. The molecular weight excluding hydrogens is 560 g/mol. The Labute approximate surface area is 248 Å². The number of nitrogens with one attached hydrogen (secondary N) is 2. The number of benzene rings is 2. The first kappa shape index (κ1) is 31.6. The summed E-state index contributed by atoms with van der Waals surface area (Å²) in [6.07, 6.45) is 4.63. The molecule has 4 rings (SSSR count). The van der Waals surface area contributed by atoms with E-state index in [0.29, 0.717) is 11.4 Å². The topological polar surface area (TPSA) is 138 Å². The minimum Gasteiger partial charge on any atom is -0.497 e. The van der Waals surface area contributed by atoms with Gasteiger partial charge in [-0.15, -0.1) is 0 Å². The number of carbonyl (C=O) groups is 2. The van der Waals surface area contributed by atoms with Crippen molar-refractivity contribution in [3.05, 3.63) is 48.0 Å². The van der Waals surface area contributed by atoms with E-state index >= 15 is 0 Å². The number of ether oxygens (including phenoxy) is 2. The molecule has 0 bridgehead atoms. The molecule has 42 heavy (non-hydrogen) atoms. The van der Waals surface area contributed by atoms with E-state index in [1.807, 2.05) is 6.92 Å². The molecule has 11 nitrogen and oxygen atoms in total. The van der Waals surface area contributed by atoms with Crippen LogP contribution in [0.4, 0.5) is 10.5 Å². The number of rotatable bonds is 9. The number of hydrogen-bond donors (Lipinski definition) is 3. The van der Waals surface area contributed by atoms with E-state index in [1.54, 1.807) is 42.2 Å². The molecule has 3 amide bonds. The van der Waals surface area contributed by atoms with Gasteiger partial charge in [-0.3, -0.25) is 4.79 Å². The van der Waals surface area contributed by atoms with Crippen LogP contribution in [0.3, 0.4) is 0 Å². The molecule has 1 fully saturated rings. The van der Waals surface area contributed by atoms with E-state index in [9.17, 15) is 23.1 Å². The van der Waals surface area contributed by atoms with Gasteiger partial charge in [0, 0.05) is 31.2 Å². The summed E-state index contributed by atoms with van der Waals surface area (Å²) < 4.78 is 39.4. The summed E-state index contributed by atoms with van der Waals surface area (Å²) in [7, 11) is -0.836. The monoisotopic (exact) mass is 602 g/mol. The highest BCUT2D eigenvalue weighted by molar-refractivity contribution is 7.89. The maximum absolute atomic E-state index is 13.7. The van der Waals surface area contributed by atoms with E-state index in [1.165, 1.54) is 37.0 Å². The fourth-order valence-electron chi connectivity index (χ4n) is 5.40. The van der Waals surface area contributed by atoms with Crippen molar-refractivity contribution >= 4 is 27.6 Å². The predicted molar refractivity (Wildman–Crippen MR) is 159 cm³/mol. The van der Waals surface area contributed by atoms with Crippen LogP contribution in [-0.2, 0) is 10.0 Å². The summed E-state index contributed by atoms with van der Waals surface area (Å²) >= 11 is 0. The van der Waals surface area contributed by atoms with Crippen LogP contribution < -0.4 is 20.1 Å². The zero-order valence-corrected chi connectivity index (χ0v) is 25.5. The van der Waals surface area contributed by atoms with E-state index < -0.39 is 22.2 Å². The van der Waals surface area contributed by atoms with Crippen LogP contribution in [0.1, 0.15) is 56.3 Å². The average molecular weight is 603 g/mol. The molecule has 0 spiro atoms. The first-order valence-electron chi connectivity index (χ1n) is 14.4. The number of hydrogen-bond acceptors (Lipinski definition) is 7. The lowest BCUT2D eigenvalue weighted by atomic mass is 9.96. The van der Waals surface area contributed by atoms with Crippen molar-refractivity contribution in [3.8, 4) is 11.5 Å². The SMILES string of the molecule is COc1ccc(S(=O)(=O)N(C)C[C@H]2Oc3ccc(NC(=O)NC4CCCCC4)cc3C(=O)N([C@@H](C)CO)C[C@H]2C)cc1. The summed E-state index contributed by atoms with van der Waals surface area (Å²) in [6.45, 7) is 3.66. The van der Waals surface area contributed by atoms with Gasteiger partial charge in [0.2, 0.25) is 10.0 Å². The Bertz CT molecular complexity index is 1350. The lowest BCUT2D eigenvalue weighted by Gasteiger charge is -2.38. The van der Waals surface area contributed by atoms with Crippen molar-refractivity contribution in [2.45, 2.75) is 69.0 Å². The van der Waals surface area contributed by atoms with Gasteiger partial charge in [0.1, 0.15) is 17.6 Å². The highest BCUT2D eigenvalue weighted by Crippen LogP contribution is 2.31. The first-order chi connectivity index (χ1) is 20.0. The number of urea groups is 1. The van der Waals surface area contributed by atoms with Crippen molar-refractivity contribution in [3.63, 3.8) is 0 Å². The van der Waals surface area contributed by atoms with Crippen LogP contribution in [0.2, 0.25) is 0 Å². The number of amides is 3. The molecule has 0 aromatic heterocycles. The third kappa shape index (κ3) is 7.34. The summed E-state index contributed by atoms with van der Waals surface area (Å²) in [5, 5.41) is 15.8. The number of methoxy groups -OCH3 is 1. The number of sulfonamides is 1. The molecule has 2 aromatic carbocycles. The lowest BCUT2D eigenvalue weighted by Crippen LogP contribution is -2.50. The van der Waals surface area contributed by atoms with Gasteiger partial charge in [0.15, 0.2) is 0 Å². The second-order valence-corrected chi connectivity index (χ2v) is 13.3. The molecule has 3 N–H and O–H groups in total. The van der Waals surface area contributed by atoms with Crippen LogP contribution in [0, 0.1) is 5.92 Å². The molecule has 1 aliphatic carbocycles. The lowest BCUT2D eigenvalue weighted by molar-refractivity contribution is 0.0387. The molecule has 1 heterocycles. The quantitative estimate of drug-likeness (QED) is 0.398. The maximum atomic E-state index is 13.7. The van der Waals surface area contributed by atoms with Gasteiger partial charge in [0.05, 0.1) is 36.8 Å². The summed E-state index contributed by atoms with van der Waals surface area (Å²) in [5.74, 6) is 0.213. The normalized spacial score (nSPS) is 20.6. The molecule has 230 valence electrons. The summed E-state index contributed by atoms with van der Waals surface area (Å²) in [6, 6.07) is 10.3. The van der Waals surface area contributed by atoms with Crippen molar-refractivity contribution in [1.82, 2.24) is 14.5 Å². The Hall–Kier alpha value is -3.35. The van der Waals surface area contributed by atoms with Gasteiger partial charge in [-0.2, -0.15) is 4.31 Å². The van der Waals surface area contributed by atoms with Gasteiger partial charge >= 0.3 is 6.03 Å². The largest absolute Gasteiger partial charge is 0.497 e. The number of nitrogens with zero attached hydrogens (tertiary/aromatic N) is 2. The van der Waals surface area contributed by atoms with E-state index in [-0.39, 0.29) is 59.8 Å². The second kappa shape index (κ2) is 13.7. The maximum Gasteiger partial charge on any atom is 0.319 e. The molecule has 2 aromatic rings. The fraction of sp³-hybridized carbons (Fsp3) is 0.533. The Morgan fingerprint density at radius 3 is 2.50 bits per heavy atom. The second-order valence-electron chi connectivity index (χ2n) is 11.2. The summed E-state index contributed by atoms with van der Waals surface area (Å²) in [5.41, 5.74) is 0.656. The molecule has 0 radical (unpaired) electrons. The Kier molecular flexibility index (Phi) is 10.3. The molecule has 12 heteroatoms. The van der Waals surface area contributed by atoms with Gasteiger partial charge in [0.25, 0.3) is 5.91 Å². The Balaban J connectivity index is 1.58. The summed E-state index contributed by atoms with van der Waals surface area (Å²) in [4.78, 5) is 28.1. The highest BCUT2D eigenvalue weighted by Gasteiger charge is 2.35. The van der Waals surface area contributed by atoms with Crippen LogP contribution >= 0.6 is 0 Å². The molecule has 2 aliphatic rings. The number of aliphatic hydroxyl groups excluding tert-OH is 1. The van der Waals surface area contributed by atoms with Crippen LogP contribution in [0.25, 0.3) is 0 Å². The Morgan fingerprint density at radius 1 is 1.17 bits per heavy atom. The van der Waals surface area contributed by atoms with E-state index in [0.717, 1.165) is 25.7 Å². The number of likely N-dealkylation sites (N-methyl/N-ethyl adjacent to an activating group) is 1. The van der Waals surface area contributed by atoms with Crippen molar-refractivity contribution < 1.29 is 32.6 Å². The van der Waals surface area contributed by atoms with Crippen LogP contribution in [-0.4, -0.2) is 86.7 Å². The number of anilines is 1. The minimum absolute atomic E-state index is 0.0221. The van der Waals surface area contributed by atoms with E-state index in [4.69, 9.17) is 9.47 Å². The third-order valence-electron chi connectivity index (χ3n) is 8.07. The van der Waals surface area contributed by atoms with Crippen LogP contribution in [0.15, 0.2) is 47.4 Å². The van der Waals surface area contributed by atoms with E-state index in [2.05, 4.69) is 10.6 Å². The zero-order valence-electron chi connectivity index (χ0n) is 24.7. The van der Waals surface area contributed by atoms with Crippen LogP contribution in [0.5, 0.6) is 11.5 Å². The first-order valence-corrected chi connectivity index (χ1v) is 15.9. The van der Waals surface area contributed by atoms with Crippen molar-refractivity contribution in [1.29, 1.82) is 0 Å². The number of carbonyl (C=O) groups excluding carboxylic acids is 2. The standard InChI is InChI=1S/C30H42N4O7S/c1-20-17-34(21(2)19-35)29(36)26-16-23(32-30(37)31-22-8-6-5-7-9-22)10-15-27(26)41-28(20)18-33(3)42(38,39)25-13-11-24(40-4)12-14-25/h10-16,20-22,28,35H,5-9,17-19H2,1-4H3,(H2,31,32,37)/t20-,21+,28-/m1/s1. The van der Waals surface area contributed by atoms with Gasteiger partial charge in [-0.05, 0) is 62.2 Å². The smallest absolute Gasteiger partial charge is 0.319 e. The Morgan fingerprint density at radius 2 is 1.86 bits per heavy atom. The van der Waals surface area contributed by atoms with Crippen molar-refractivity contribution in [2.75, 3.05) is 39.2 Å². The van der Waals surface area contributed by atoms with Gasteiger partial charge in [-0.25, -0.2) is 13.2 Å². The molecule has 3 atom stereocenters. The predicted octanol–water partition coefficient (Wildman–Crippen LogP) is 3.69. The van der Waals surface area contributed by atoms with Gasteiger partial charge in [-0.1, -0.05) is 26.2 Å². The molecule has 0 unspecified atom stereocenters. The number of aliphatic hydroxyl groups is 1. The molecular formula is C30H42N4O7S. The number of fused-ring (bicyclic) bond motifs is 1. The van der Waals surface area contributed by atoms with Crippen molar-refractivity contribution in [2.24, 2.45) is 5.92 Å². The molecule has 1 saturated carbocycles.